The molecule has 1 N–H and O–H groups in total. The minimum absolute atomic E-state index is 0.314. The van der Waals surface area contributed by atoms with Gasteiger partial charge >= 0.3 is 0 Å². The highest BCUT2D eigenvalue weighted by atomic mass is 16.3. The summed E-state index contributed by atoms with van der Waals surface area (Å²) in [7, 11) is 2.17. The highest BCUT2D eigenvalue weighted by Crippen LogP contribution is 2.25. The third-order valence-corrected chi connectivity index (χ3v) is 2.98. The molecule has 0 amide bonds. The molecule has 2 nitrogen and oxygen atoms in total. The summed E-state index contributed by atoms with van der Waals surface area (Å²) in [5.41, 5.74) is 0. The number of rotatable bonds is 5. The maximum absolute atomic E-state index is 8.92. The molecule has 0 radical (unpaired) electrons. The fraction of sp³-hybridized carbons (Fsp3) is 1.00. The zero-order valence-corrected chi connectivity index (χ0v) is 9.00. The van der Waals surface area contributed by atoms with Crippen molar-refractivity contribution >= 4 is 0 Å². The van der Waals surface area contributed by atoms with Gasteiger partial charge in [-0.15, -0.1) is 0 Å². The van der Waals surface area contributed by atoms with Crippen LogP contribution in [-0.2, 0) is 0 Å². The van der Waals surface area contributed by atoms with E-state index in [-0.39, 0.29) is 0 Å². The molecule has 0 spiro atoms. The fourth-order valence-corrected chi connectivity index (χ4v) is 2.30. The summed E-state index contributed by atoms with van der Waals surface area (Å²) >= 11 is 0. The topological polar surface area (TPSA) is 23.5 Å². The molecule has 0 heterocycles. The molecule has 1 fully saturated rings. The molecule has 0 bridgehead atoms. The Morgan fingerprint density at radius 1 is 1.38 bits per heavy atom. The molecular weight excluding hydrogens is 162 g/mol. The first-order valence-electron chi connectivity index (χ1n) is 5.51. The molecule has 0 aromatic heterocycles. The second-order valence-corrected chi connectivity index (χ2v) is 4.66. The molecular formula is C11H23NO. The lowest BCUT2D eigenvalue weighted by molar-refractivity contribution is 0.178. The van der Waals surface area contributed by atoms with Crippen molar-refractivity contribution in [3.63, 3.8) is 0 Å². The Morgan fingerprint density at radius 3 is 2.54 bits per heavy atom. The first-order valence-corrected chi connectivity index (χ1v) is 5.51. The van der Waals surface area contributed by atoms with Gasteiger partial charge in [-0.2, -0.15) is 0 Å². The molecule has 0 saturated heterocycles. The number of hydrogen-bond acceptors (Lipinski definition) is 2. The number of nitrogens with zero attached hydrogens (tertiary/aromatic N) is 1. The number of hydrogen-bond donors (Lipinski definition) is 1. The van der Waals surface area contributed by atoms with E-state index in [0.717, 1.165) is 12.5 Å². The van der Waals surface area contributed by atoms with Crippen molar-refractivity contribution in [3.8, 4) is 0 Å². The van der Waals surface area contributed by atoms with Crippen molar-refractivity contribution in [2.75, 3.05) is 26.7 Å². The van der Waals surface area contributed by atoms with Crippen LogP contribution in [0.2, 0.25) is 0 Å². The summed E-state index contributed by atoms with van der Waals surface area (Å²) in [6, 6.07) is 0. The van der Waals surface area contributed by atoms with Gasteiger partial charge < -0.3 is 10.0 Å². The molecule has 0 aromatic rings. The van der Waals surface area contributed by atoms with Crippen LogP contribution in [0, 0.1) is 11.8 Å². The molecule has 1 aliphatic rings. The zero-order chi connectivity index (χ0) is 9.68. The van der Waals surface area contributed by atoms with Crippen molar-refractivity contribution in [2.45, 2.75) is 32.6 Å². The van der Waals surface area contributed by atoms with Gasteiger partial charge in [-0.25, -0.2) is 0 Å². The Balaban J connectivity index is 2.12. The number of aliphatic hydroxyl groups is 1. The summed E-state index contributed by atoms with van der Waals surface area (Å²) in [5, 5.41) is 8.92. The maximum atomic E-state index is 8.92. The lowest BCUT2D eigenvalue weighted by atomic mass is 10.1. The Hall–Kier alpha value is -0.0800. The van der Waals surface area contributed by atoms with Crippen molar-refractivity contribution < 1.29 is 5.11 Å². The molecule has 1 rings (SSSR count). The van der Waals surface area contributed by atoms with Gasteiger partial charge in [-0.3, -0.25) is 0 Å². The monoisotopic (exact) mass is 185 g/mol. The second-order valence-electron chi connectivity index (χ2n) is 4.66. The number of aliphatic hydroxyl groups excluding tert-OH is 1. The van der Waals surface area contributed by atoms with E-state index in [1.807, 2.05) is 0 Å². The molecule has 13 heavy (non-hydrogen) atoms. The van der Waals surface area contributed by atoms with Crippen molar-refractivity contribution in [1.29, 1.82) is 0 Å². The normalized spacial score (nSPS) is 21.2. The van der Waals surface area contributed by atoms with Gasteiger partial charge in [0.05, 0.1) is 0 Å². The third-order valence-electron chi connectivity index (χ3n) is 2.98. The van der Waals surface area contributed by atoms with Crippen LogP contribution < -0.4 is 0 Å². The first-order chi connectivity index (χ1) is 6.22. The van der Waals surface area contributed by atoms with E-state index in [1.165, 1.54) is 32.2 Å². The first kappa shape index (κ1) is 11.0. The quantitative estimate of drug-likeness (QED) is 0.705. The average Bonchev–Trinajstić information content (AvgIpc) is 2.56. The fourth-order valence-electron chi connectivity index (χ4n) is 2.30. The summed E-state index contributed by atoms with van der Waals surface area (Å²) < 4.78 is 0. The van der Waals surface area contributed by atoms with Crippen LogP contribution in [0.3, 0.4) is 0 Å². The summed E-state index contributed by atoms with van der Waals surface area (Å²) in [6.45, 7) is 4.68. The molecule has 0 aliphatic heterocycles. The van der Waals surface area contributed by atoms with Crippen LogP contribution >= 0.6 is 0 Å². The van der Waals surface area contributed by atoms with E-state index in [4.69, 9.17) is 5.11 Å². The van der Waals surface area contributed by atoms with E-state index in [2.05, 4.69) is 18.9 Å². The van der Waals surface area contributed by atoms with Gasteiger partial charge in [-0.05, 0) is 31.7 Å². The summed E-state index contributed by atoms with van der Waals surface area (Å²) in [4.78, 5) is 2.37. The van der Waals surface area contributed by atoms with Crippen LogP contribution in [0.5, 0.6) is 0 Å². The van der Waals surface area contributed by atoms with E-state index >= 15 is 0 Å². The van der Waals surface area contributed by atoms with Crippen LogP contribution in [0.1, 0.15) is 32.6 Å². The van der Waals surface area contributed by atoms with E-state index in [0.29, 0.717) is 12.5 Å². The van der Waals surface area contributed by atoms with Crippen LogP contribution in [0.4, 0.5) is 0 Å². The highest BCUT2D eigenvalue weighted by molar-refractivity contribution is 4.71. The lowest BCUT2D eigenvalue weighted by Crippen LogP contribution is -2.30. The minimum atomic E-state index is 0.314. The average molecular weight is 185 g/mol. The zero-order valence-electron chi connectivity index (χ0n) is 9.00. The maximum Gasteiger partial charge on any atom is 0.0468 e. The smallest absolute Gasteiger partial charge is 0.0468 e. The molecule has 1 unspecified atom stereocenters. The molecule has 78 valence electrons. The molecule has 2 heteroatoms. The van der Waals surface area contributed by atoms with Crippen LogP contribution in [0.15, 0.2) is 0 Å². The molecule has 1 aliphatic carbocycles. The van der Waals surface area contributed by atoms with E-state index in [9.17, 15) is 0 Å². The molecule has 1 saturated carbocycles. The predicted octanol–water partition coefficient (Wildman–Crippen LogP) is 1.74. The Labute approximate surface area is 81.9 Å². The summed E-state index contributed by atoms with van der Waals surface area (Å²) in [6.07, 6.45) is 5.68. The van der Waals surface area contributed by atoms with Gasteiger partial charge in [0.25, 0.3) is 0 Å². The lowest BCUT2D eigenvalue weighted by Gasteiger charge is -2.23. The van der Waals surface area contributed by atoms with E-state index in [1.54, 1.807) is 0 Å². The predicted molar refractivity (Wildman–Crippen MR) is 55.7 cm³/mol. The Kier molecular flexibility index (Phi) is 4.74. The SMILES string of the molecule is CC(CO)CN(C)CC1CCCC1. The Bertz CT molecular complexity index is 132. The standard InChI is InChI=1S/C11H23NO/c1-10(9-13)7-12(2)8-11-5-3-4-6-11/h10-11,13H,3-9H2,1-2H3. The van der Waals surface area contributed by atoms with E-state index < -0.39 is 0 Å². The summed E-state index contributed by atoms with van der Waals surface area (Å²) in [5.74, 6) is 1.35. The van der Waals surface area contributed by atoms with Gasteiger partial charge in [0.15, 0.2) is 0 Å². The Morgan fingerprint density at radius 2 is 2.00 bits per heavy atom. The van der Waals surface area contributed by atoms with Crippen LogP contribution in [0.25, 0.3) is 0 Å². The van der Waals surface area contributed by atoms with Crippen molar-refractivity contribution in [1.82, 2.24) is 4.90 Å². The third kappa shape index (κ3) is 4.10. The molecule has 1 atom stereocenters. The second kappa shape index (κ2) is 5.61. The minimum Gasteiger partial charge on any atom is -0.396 e. The van der Waals surface area contributed by atoms with Crippen molar-refractivity contribution in [3.05, 3.63) is 0 Å². The highest BCUT2D eigenvalue weighted by Gasteiger charge is 2.17. The van der Waals surface area contributed by atoms with Gasteiger partial charge in [-0.1, -0.05) is 19.8 Å². The van der Waals surface area contributed by atoms with Crippen molar-refractivity contribution in [2.24, 2.45) is 11.8 Å². The largest absolute Gasteiger partial charge is 0.396 e. The van der Waals surface area contributed by atoms with Gasteiger partial charge in [0.2, 0.25) is 0 Å². The molecule has 0 aromatic carbocycles. The van der Waals surface area contributed by atoms with Gasteiger partial charge in [0.1, 0.15) is 0 Å². The van der Waals surface area contributed by atoms with Gasteiger partial charge in [0, 0.05) is 19.7 Å². The van der Waals surface area contributed by atoms with Crippen LogP contribution in [-0.4, -0.2) is 36.8 Å².